The van der Waals surface area contributed by atoms with E-state index in [-0.39, 0.29) is 6.04 Å². The number of hydrogen-bond donors (Lipinski definition) is 1. The van der Waals surface area contributed by atoms with Gasteiger partial charge in [0.05, 0.1) is 0 Å². The normalized spacial score (nSPS) is 18.5. The minimum Gasteiger partial charge on any atom is -0.310 e. The van der Waals surface area contributed by atoms with Gasteiger partial charge in [-0.2, -0.15) is 0 Å². The van der Waals surface area contributed by atoms with Gasteiger partial charge in [-0.3, -0.25) is 4.98 Å². The molecule has 4 heteroatoms. The number of halogens is 2. The molecule has 0 fully saturated rings. The lowest BCUT2D eigenvalue weighted by Gasteiger charge is -2.27. The van der Waals surface area contributed by atoms with E-state index in [1.165, 1.54) is 11.3 Å². The van der Waals surface area contributed by atoms with Gasteiger partial charge >= 0.3 is 0 Å². The summed E-state index contributed by atoms with van der Waals surface area (Å²) in [7, 11) is 0. The third-order valence-electron chi connectivity index (χ3n) is 4.14. The molecule has 1 aromatic carbocycles. The predicted octanol–water partition coefficient (Wildman–Crippen LogP) is 4.77. The Balaban J connectivity index is 2.04. The molecular weight excluding hydrogens is 303 g/mol. The van der Waals surface area contributed by atoms with Crippen LogP contribution in [0.25, 0.3) is 0 Å². The van der Waals surface area contributed by atoms with Crippen LogP contribution in [-0.2, 0) is 6.42 Å². The number of nitrogens with one attached hydrogen (secondary N) is 1. The van der Waals surface area contributed by atoms with Crippen LogP contribution in [0, 0.1) is 0 Å². The Morgan fingerprint density at radius 2 is 2.00 bits per heavy atom. The number of aryl methyl sites for hydroxylation is 1. The second-order valence-corrected chi connectivity index (χ2v) is 6.18. The van der Waals surface area contributed by atoms with Gasteiger partial charge in [0.25, 0.3) is 0 Å². The fourth-order valence-corrected chi connectivity index (χ4v) is 3.87. The molecule has 21 heavy (non-hydrogen) atoms. The fourth-order valence-electron chi connectivity index (χ4n) is 3.24. The van der Waals surface area contributed by atoms with Crippen LogP contribution < -0.4 is 5.32 Å². The number of benzene rings is 1. The van der Waals surface area contributed by atoms with Crippen molar-refractivity contribution in [3.63, 3.8) is 0 Å². The first-order chi connectivity index (χ1) is 10.2. The fraction of sp³-hybridized carbons (Fsp3) is 0.353. The molecule has 1 aliphatic rings. The SMILES string of the molecule is CCNC(c1c(Cl)cccc1Cl)C1CCc2cccnc21. The second kappa shape index (κ2) is 6.35. The van der Waals surface area contributed by atoms with Crippen LogP contribution in [0.4, 0.5) is 0 Å². The molecule has 1 N–H and O–H groups in total. The quantitative estimate of drug-likeness (QED) is 0.877. The Morgan fingerprint density at radius 1 is 1.24 bits per heavy atom. The summed E-state index contributed by atoms with van der Waals surface area (Å²) < 4.78 is 0. The zero-order chi connectivity index (χ0) is 14.8. The Labute approximate surface area is 135 Å². The highest BCUT2D eigenvalue weighted by molar-refractivity contribution is 6.36. The zero-order valence-electron chi connectivity index (χ0n) is 11.9. The molecule has 2 unspecified atom stereocenters. The van der Waals surface area contributed by atoms with Crippen LogP contribution >= 0.6 is 23.2 Å². The minimum atomic E-state index is 0.104. The van der Waals surface area contributed by atoms with Crippen LogP contribution in [0.2, 0.25) is 10.0 Å². The molecule has 0 saturated heterocycles. The third-order valence-corrected chi connectivity index (χ3v) is 4.80. The number of aromatic nitrogens is 1. The van der Waals surface area contributed by atoms with E-state index in [1.54, 1.807) is 0 Å². The van der Waals surface area contributed by atoms with Crippen molar-refractivity contribution in [2.45, 2.75) is 31.7 Å². The van der Waals surface area contributed by atoms with E-state index in [4.69, 9.17) is 23.2 Å². The molecule has 0 radical (unpaired) electrons. The van der Waals surface area contributed by atoms with E-state index in [0.29, 0.717) is 5.92 Å². The third kappa shape index (κ3) is 2.80. The van der Waals surface area contributed by atoms with E-state index in [1.807, 2.05) is 30.5 Å². The average Bonchev–Trinajstić information content (AvgIpc) is 2.90. The monoisotopic (exact) mass is 320 g/mol. The standard InChI is InChI=1S/C17H18Cl2N2/c1-2-20-17(15-13(18)6-3-7-14(15)19)12-9-8-11-5-4-10-21-16(11)12/h3-7,10,12,17,20H,2,8-9H2,1H3. The van der Waals surface area contributed by atoms with E-state index in [0.717, 1.165) is 35.0 Å². The molecule has 1 heterocycles. The van der Waals surface area contributed by atoms with Gasteiger partial charge in [-0.15, -0.1) is 0 Å². The molecular formula is C17H18Cl2N2. The number of pyridine rings is 1. The van der Waals surface area contributed by atoms with E-state index < -0.39 is 0 Å². The van der Waals surface area contributed by atoms with Crippen LogP contribution in [0.3, 0.4) is 0 Å². The summed E-state index contributed by atoms with van der Waals surface area (Å²) in [5, 5.41) is 4.99. The molecule has 0 bridgehead atoms. The molecule has 0 spiro atoms. The topological polar surface area (TPSA) is 24.9 Å². The number of nitrogens with zero attached hydrogens (tertiary/aromatic N) is 1. The van der Waals surface area contributed by atoms with Gasteiger partial charge in [-0.25, -0.2) is 0 Å². The lowest BCUT2D eigenvalue weighted by atomic mass is 9.90. The van der Waals surface area contributed by atoms with E-state index in [2.05, 4.69) is 23.3 Å². The maximum atomic E-state index is 6.42. The van der Waals surface area contributed by atoms with Gasteiger partial charge < -0.3 is 5.32 Å². The highest BCUT2D eigenvalue weighted by atomic mass is 35.5. The van der Waals surface area contributed by atoms with Crippen molar-refractivity contribution in [1.82, 2.24) is 10.3 Å². The average molecular weight is 321 g/mol. The number of hydrogen-bond acceptors (Lipinski definition) is 2. The first-order valence-corrected chi connectivity index (χ1v) is 8.09. The molecule has 2 nitrogen and oxygen atoms in total. The molecule has 110 valence electrons. The van der Waals surface area contributed by atoms with Crippen LogP contribution in [0.1, 0.15) is 42.1 Å². The molecule has 0 amide bonds. The molecule has 2 atom stereocenters. The first kappa shape index (κ1) is 14.8. The lowest BCUT2D eigenvalue weighted by Crippen LogP contribution is -2.27. The van der Waals surface area contributed by atoms with Crippen molar-refractivity contribution in [2.24, 2.45) is 0 Å². The molecule has 2 aromatic rings. The summed E-state index contributed by atoms with van der Waals surface area (Å²) in [6.07, 6.45) is 4.01. The summed E-state index contributed by atoms with van der Waals surface area (Å²) in [5.41, 5.74) is 3.51. The first-order valence-electron chi connectivity index (χ1n) is 7.33. The zero-order valence-corrected chi connectivity index (χ0v) is 13.5. The van der Waals surface area contributed by atoms with Crippen molar-refractivity contribution in [1.29, 1.82) is 0 Å². The summed E-state index contributed by atoms with van der Waals surface area (Å²) in [5.74, 6) is 0.318. The Morgan fingerprint density at radius 3 is 2.71 bits per heavy atom. The smallest absolute Gasteiger partial charge is 0.0485 e. The lowest BCUT2D eigenvalue weighted by molar-refractivity contribution is 0.447. The summed E-state index contributed by atoms with van der Waals surface area (Å²) in [6.45, 7) is 2.97. The summed E-state index contributed by atoms with van der Waals surface area (Å²) in [6, 6.07) is 9.97. The van der Waals surface area contributed by atoms with Crippen molar-refractivity contribution < 1.29 is 0 Å². The van der Waals surface area contributed by atoms with Crippen molar-refractivity contribution in [3.05, 3.63) is 63.4 Å². The highest BCUT2D eigenvalue weighted by Gasteiger charge is 2.33. The minimum absolute atomic E-state index is 0.104. The molecule has 1 aromatic heterocycles. The van der Waals surface area contributed by atoms with Gasteiger partial charge in [0.15, 0.2) is 0 Å². The molecule has 0 saturated carbocycles. The van der Waals surface area contributed by atoms with Gasteiger partial charge in [0.1, 0.15) is 0 Å². The van der Waals surface area contributed by atoms with Gasteiger partial charge in [-0.1, -0.05) is 42.3 Å². The van der Waals surface area contributed by atoms with Crippen molar-refractivity contribution >= 4 is 23.2 Å². The highest BCUT2D eigenvalue weighted by Crippen LogP contribution is 2.44. The van der Waals surface area contributed by atoms with E-state index >= 15 is 0 Å². The number of likely N-dealkylation sites (N-methyl/N-ethyl adjacent to an activating group) is 1. The van der Waals surface area contributed by atoms with Crippen molar-refractivity contribution in [2.75, 3.05) is 6.54 Å². The largest absolute Gasteiger partial charge is 0.310 e. The summed E-state index contributed by atoms with van der Waals surface area (Å²) >= 11 is 12.8. The molecule has 0 aliphatic heterocycles. The van der Waals surface area contributed by atoms with Crippen LogP contribution in [0.15, 0.2) is 36.5 Å². The Hall–Kier alpha value is -1.09. The number of rotatable bonds is 4. The maximum absolute atomic E-state index is 6.42. The number of fused-ring (bicyclic) bond motifs is 1. The second-order valence-electron chi connectivity index (χ2n) is 5.36. The van der Waals surface area contributed by atoms with Crippen molar-refractivity contribution in [3.8, 4) is 0 Å². The van der Waals surface area contributed by atoms with Crippen LogP contribution in [-0.4, -0.2) is 11.5 Å². The maximum Gasteiger partial charge on any atom is 0.0485 e. The van der Waals surface area contributed by atoms with E-state index in [9.17, 15) is 0 Å². The van der Waals surface area contributed by atoms with Gasteiger partial charge in [0.2, 0.25) is 0 Å². The molecule has 1 aliphatic carbocycles. The van der Waals surface area contributed by atoms with Gasteiger partial charge in [-0.05, 0) is 43.1 Å². The summed E-state index contributed by atoms with van der Waals surface area (Å²) in [4.78, 5) is 4.60. The van der Waals surface area contributed by atoms with Crippen LogP contribution in [0.5, 0.6) is 0 Å². The van der Waals surface area contributed by atoms with Gasteiger partial charge in [0, 0.05) is 39.5 Å². The Bertz CT molecular complexity index is 622. The predicted molar refractivity (Wildman–Crippen MR) is 88.2 cm³/mol. The molecule has 3 rings (SSSR count). The Kier molecular flexibility index (Phi) is 4.48.